The number of nitrogens with zero attached hydrogens (tertiary/aromatic N) is 1. The number of halogens is 2. The Morgan fingerprint density at radius 1 is 1.10 bits per heavy atom. The van der Waals surface area contributed by atoms with E-state index in [1.165, 1.54) is 0 Å². The summed E-state index contributed by atoms with van der Waals surface area (Å²) >= 11 is 12.1. The molecule has 1 aliphatic rings. The first-order valence-corrected chi connectivity index (χ1v) is 14.8. The van der Waals surface area contributed by atoms with Crippen molar-refractivity contribution in [2.75, 3.05) is 31.6 Å². The van der Waals surface area contributed by atoms with Crippen molar-refractivity contribution in [2.24, 2.45) is 0 Å². The molecule has 222 valence electrons. The molecule has 0 saturated carbocycles. The lowest BCUT2D eigenvalue weighted by molar-refractivity contribution is -0.133. The fraction of sp³-hybridized carbons (Fsp3) is 0.548. The first-order valence-electron chi connectivity index (χ1n) is 14.0. The molecule has 0 spiro atoms. The number of phenolic OH excluding ortho intramolecular Hbond substituents is 1. The maximum atomic E-state index is 13.1. The number of benzene rings is 2. The van der Waals surface area contributed by atoms with Gasteiger partial charge in [-0.05, 0) is 74.9 Å². The van der Waals surface area contributed by atoms with Gasteiger partial charge >= 0.3 is 0 Å². The summed E-state index contributed by atoms with van der Waals surface area (Å²) in [7, 11) is 0. The van der Waals surface area contributed by atoms with E-state index >= 15 is 0 Å². The normalized spacial score (nSPS) is 13.1. The summed E-state index contributed by atoms with van der Waals surface area (Å²) in [4.78, 5) is 26.8. The Hall–Kier alpha value is -2.48. The van der Waals surface area contributed by atoms with E-state index in [1.807, 2.05) is 24.3 Å². The Bertz CT molecular complexity index is 1110. The molecule has 0 aromatic heterocycles. The minimum Gasteiger partial charge on any atom is -0.506 e. The number of aryl methyl sites for hydroxylation is 1. The van der Waals surface area contributed by atoms with Crippen LogP contribution < -0.4 is 15.4 Å². The van der Waals surface area contributed by atoms with Crippen LogP contribution in [0, 0.1) is 0 Å². The highest BCUT2D eigenvalue weighted by molar-refractivity contribution is 6.42. The molecule has 3 N–H and O–H groups in total. The molecule has 0 fully saturated rings. The molecule has 2 aromatic carbocycles. The highest BCUT2D eigenvalue weighted by Crippen LogP contribution is 2.39. The number of hydrogen-bond donors (Lipinski definition) is 3. The molecule has 9 heteroatoms. The van der Waals surface area contributed by atoms with E-state index in [0.29, 0.717) is 34.4 Å². The highest BCUT2D eigenvalue weighted by atomic mass is 35.5. The molecule has 0 bridgehead atoms. The van der Waals surface area contributed by atoms with Gasteiger partial charge in [0.2, 0.25) is 5.91 Å². The second-order valence-corrected chi connectivity index (χ2v) is 11.0. The van der Waals surface area contributed by atoms with Crippen LogP contribution in [0.5, 0.6) is 11.5 Å². The summed E-state index contributed by atoms with van der Waals surface area (Å²) in [6.45, 7) is 6.44. The Balaban J connectivity index is 0.00000560. The number of ether oxygens (including phenoxy) is 1. The van der Waals surface area contributed by atoms with Gasteiger partial charge in [0.1, 0.15) is 11.4 Å². The SMILES string of the molecule is C.CCCC[C@@H](C)N(CCCCCc1ccc(O)c2c1OCC(=O)N2)C(=O)CCNCCc1ccc(Cl)c(Cl)c1. The van der Waals surface area contributed by atoms with Crippen molar-refractivity contribution < 1.29 is 19.4 Å². The zero-order valence-corrected chi connectivity index (χ0v) is 24.5. The maximum absolute atomic E-state index is 13.1. The largest absolute Gasteiger partial charge is 0.506 e. The van der Waals surface area contributed by atoms with Gasteiger partial charge in [0.15, 0.2) is 12.4 Å². The van der Waals surface area contributed by atoms with Crippen LogP contribution in [-0.2, 0) is 22.4 Å². The molecular formula is C31H45Cl2N3O4. The highest BCUT2D eigenvalue weighted by Gasteiger charge is 2.23. The third-order valence-corrected chi connectivity index (χ3v) is 7.83. The van der Waals surface area contributed by atoms with Gasteiger partial charge in [0.25, 0.3) is 5.91 Å². The maximum Gasteiger partial charge on any atom is 0.262 e. The van der Waals surface area contributed by atoms with Crippen molar-refractivity contribution in [3.8, 4) is 11.5 Å². The van der Waals surface area contributed by atoms with Gasteiger partial charge in [0.05, 0.1) is 10.0 Å². The molecule has 3 rings (SSSR count). The molecule has 1 atom stereocenters. The van der Waals surface area contributed by atoms with Crippen LogP contribution in [0.1, 0.15) is 77.3 Å². The first kappa shape index (κ1) is 33.7. The predicted molar refractivity (Wildman–Crippen MR) is 165 cm³/mol. The van der Waals surface area contributed by atoms with Crippen LogP contribution in [0.2, 0.25) is 10.0 Å². The Labute approximate surface area is 249 Å². The Morgan fingerprint density at radius 3 is 2.65 bits per heavy atom. The summed E-state index contributed by atoms with van der Waals surface area (Å²) < 4.78 is 5.59. The van der Waals surface area contributed by atoms with Gasteiger partial charge in [-0.1, -0.05) is 68.9 Å². The quantitative estimate of drug-likeness (QED) is 0.144. The van der Waals surface area contributed by atoms with Crippen molar-refractivity contribution in [1.29, 1.82) is 0 Å². The van der Waals surface area contributed by atoms with Crippen molar-refractivity contribution >= 4 is 40.7 Å². The van der Waals surface area contributed by atoms with E-state index < -0.39 is 0 Å². The number of anilines is 1. The van der Waals surface area contributed by atoms with Crippen molar-refractivity contribution in [2.45, 2.75) is 85.1 Å². The lowest BCUT2D eigenvalue weighted by Crippen LogP contribution is -2.40. The first-order chi connectivity index (χ1) is 18.8. The van der Waals surface area contributed by atoms with Gasteiger partial charge in [0, 0.05) is 25.6 Å². The Kier molecular flexibility index (Phi) is 14.6. The molecule has 0 unspecified atom stereocenters. The van der Waals surface area contributed by atoms with Gasteiger partial charge in [-0.3, -0.25) is 9.59 Å². The summed E-state index contributed by atoms with van der Waals surface area (Å²) in [6.07, 6.45) is 8.12. The molecule has 2 aromatic rings. The van der Waals surface area contributed by atoms with Gasteiger partial charge in [-0.2, -0.15) is 0 Å². The van der Waals surface area contributed by atoms with E-state index in [2.05, 4.69) is 29.4 Å². The average molecular weight is 595 g/mol. The van der Waals surface area contributed by atoms with Crippen molar-refractivity contribution in [1.82, 2.24) is 10.2 Å². The van der Waals surface area contributed by atoms with E-state index in [4.69, 9.17) is 27.9 Å². The Morgan fingerprint density at radius 2 is 1.90 bits per heavy atom. The number of aromatic hydroxyl groups is 1. The zero-order valence-electron chi connectivity index (χ0n) is 23.0. The molecule has 2 amide bonds. The molecule has 40 heavy (non-hydrogen) atoms. The number of rotatable bonds is 16. The minimum absolute atomic E-state index is 0. The average Bonchev–Trinajstić information content (AvgIpc) is 2.92. The lowest BCUT2D eigenvalue weighted by atomic mass is 10.0. The number of unbranched alkanes of at least 4 members (excludes halogenated alkanes) is 3. The van der Waals surface area contributed by atoms with E-state index in [0.717, 1.165) is 75.6 Å². The number of hydrogen-bond acceptors (Lipinski definition) is 5. The molecule has 0 saturated heterocycles. The third-order valence-electron chi connectivity index (χ3n) is 7.09. The van der Waals surface area contributed by atoms with Gasteiger partial charge in [-0.15, -0.1) is 0 Å². The minimum atomic E-state index is -0.265. The second kappa shape index (κ2) is 17.4. The number of carbonyl (C=O) groups excluding carboxylic acids is 2. The second-order valence-electron chi connectivity index (χ2n) is 10.2. The smallest absolute Gasteiger partial charge is 0.262 e. The molecule has 1 heterocycles. The number of fused-ring (bicyclic) bond motifs is 1. The fourth-order valence-corrected chi connectivity index (χ4v) is 5.14. The number of amides is 2. The molecular weight excluding hydrogens is 549 g/mol. The number of nitrogens with one attached hydrogen (secondary N) is 2. The van der Waals surface area contributed by atoms with Crippen LogP contribution in [0.25, 0.3) is 0 Å². The molecule has 1 aliphatic heterocycles. The van der Waals surface area contributed by atoms with Gasteiger partial charge < -0.3 is 25.4 Å². The monoisotopic (exact) mass is 593 g/mol. The summed E-state index contributed by atoms with van der Waals surface area (Å²) in [5, 5.41) is 17.2. The third kappa shape index (κ3) is 10.2. The fourth-order valence-electron chi connectivity index (χ4n) is 4.82. The van der Waals surface area contributed by atoms with Crippen molar-refractivity contribution in [3.63, 3.8) is 0 Å². The van der Waals surface area contributed by atoms with Crippen LogP contribution in [0.3, 0.4) is 0 Å². The van der Waals surface area contributed by atoms with E-state index in [9.17, 15) is 14.7 Å². The number of carbonyl (C=O) groups is 2. The predicted octanol–water partition coefficient (Wildman–Crippen LogP) is 7.01. The van der Waals surface area contributed by atoms with E-state index in [-0.39, 0.29) is 37.6 Å². The van der Waals surface area contributed by atoms with Gasteiger partial charge in [-0.25, -0.2) is 0 Å². The molecule has 0 radical (unpaired) electrons. The molecule has 0 aliphatic carbocycles. The zero-order chi connectivity index (χ0) is 28.2. The summed E-state index contributed by atoms with van der Waals surface area (Å²) in [5.74, 6) is 0.503. The molecule has 7 nitrogen and oxygen atoms in total. The van der Waals surface area contributed by atoms with Crippen LogP contribution in [0.15, 0.2) is 30.3 Å². The summed E-state index contributed by atoms with van der Waals surface area (Å²) in [5.41, 5.74) is 2.44. The van der Waals surface area contributed by atoms with Crippen LogP contribution in [0.4, 0.5) is 5.69 Å². The van der Waals surface area contributed by atoms with Crippen molar-refractivity contribution in [3.05, 3.63) is 51.5 Å². The number of phenols is 1. The lowest BCUT2D eigenvalue weighted by Gasteiger charge is -2.30. The van der Waals surface area contributed by atoms with Crippen LogP contribution >= 0.6 is 23.2 Å². The summed E-state index contributed by atoms with van der Waals surface area (Å²) in [6, 6.07) is 9.33. The van der Waals surface area contributed by atoms with Crippen LogP contribution in [-0.4, -0.2) is 54.1 Å². The standard InChI is InChI=1S/C30H41Cl2N3O4.CH4/c1-3-4-8-21(2)35(28(38)15-17-33-16-14-22-10-12-24(31)25(32)19-22)18-7-5-6-9-23-11-13-26(36)29-30(23)39-20-27(37)34-29;/h10-13,19,21,33,36H,3-9,14-18,20H2,1-2H3,(H,34,37);1H4/t21-;/m1./s1. The topological polar surface area (TPSA) is 90.9 Å². The van der Waals surface area contributed by atoms with E-state index in [1.54, 1.807) is 6.07 Å².